The van der Waals surface area contributed by atoms with Crippen molar-refractivity contribution in [2.24, 2.45) is 0 Å². The number of carbonyl (C=O) groups is 9. The Bertz CT molecular complexity index is 3160. The molecule has 0 saturated heterocycles. The number of benzene rings is 2. The largest absolute Gasteiger partial charge is 0.460 e. The van der Waals surface area contributed by atoms with E-state index in [9.17, 15) is 47.9 Å². The average molecular weight is 1070 g/mol. The second-order valence-corrected chi connectivity index (χ2v) is 20.1. The number of aryl methyl sites for hydroxylation is 1. The Balaban J connectivity index is 0.731. The van der Waals surface area contributed by atoms with E-state index in [-0.39, 0.29) is 74.2 Å². The van der Waals surface area contributed by atoms with E-state index in [0.717, 1.165) is 27.0 Å². The topological polar surface area (TPSA) is 282 Å². The standard InChI is InChI=1S/C56H64FN9O12/c1-5-35-37-24-43-51-38(27-66(43)54(74)39(37)29-77-55(35)75)50-41(19-18-36-30(2)40(57)25-42(63-51)49(36)50)64-56(76)78-28-33-14-16-34(17-15-33)62-53(73)32(4)61-52(72)31(3)60-45(68)13-8-6-10-22-58-46(69)26-59-44(67)12-9-7-11-23-65-47(70)20-21-48(65)71/h14-17,20-21,24-25,31-32,35,41H,5-13,18-19,22-23,26-29H2,1-4H3,(H,58,69)(H,59,67)(H,60,68)(H,61,72)(H,62,73)(H,64,76)/t31-,32-,35?,41-/m0/s1. The van der Waals surface area contributed by atoms with Gasteiger partial charge in [0, 0.05) is 60.8 Å². The number of anilines is 1. The van der Waals surface area contributed by atoms with Crippen molar-refractivity contribution in [1.29, 1.82) is 0 Å². The average Bonchev–Trinajstić information content (AvgIpc) is 4.16. The molecule has 2 aromatic heterocycles. The highest BCUT2D eigenvalue weighted by molar-refractivity contribution is 6.12. The third-order valence-corrected chi connectivity index (χ3v) is 14.6. The van der Waals surface area contributed by atoms with Gasteiger partial charge in [0.25, 0.3) is 17.4 Å². The number of unbranched alkanes of at least 4 members (excludes halogenated alkanes) is 4. The molecule has 0 radical (unpaired) electrons. The summed E-state index contributed by atoms with van der Waals surface area (Å²) < 4.78 is 28.0. The lowest BCUT2D eigenvalue weighted by Crippen LogP contribution is -2.50. The number of imide groups is 1. The molecule has 412 valence electrons. The van der Waals surface area contributed by atoms with Crippen LogP contribution in [0.4, 0.5) is 14.9 Å². The minimum absolute atomic E-state index is 0.111. The van der Waals surface area contributed by atoms with E-state index in [1.54, 1.807) is 35.8 Å². The first-order valence-electron chi connectivity index (χ1n) is 26.5. The third kappa shape index (κ3) is 12.7. The van der Waals surface area contributed by atoms with Crippen molar-refractivity contribution in [3.8, 4) is 11.4 Å². The molecule has 0 bridgehead atoms. The van der Waals surface area contributed by atoms with Crippen LogP contribution in [-0.2, 0) is 74.0 Å². The number of alkyl carbamates (subject to hydrolysis) is 1. The van der Waals surface area contributed by atoms with E-state index in [1.165, 1.54) is 32.1 Å². The lowest BCUT2D eigenvalue weighted by molar-refractivity contribution is -0.148. The van der Waals surface area contributed by atoms with Crippen molar-refractivity contribution in [3.05, 3.63) is 104 Å². The molecule has 1 unspecified atom stereocenters. The Hall–Kier alpha value is -8.30. The quantitative estimate of drug-likeness (QED) is 0.0298. The molecule has 21 nitrogen and oxygen atoms in total. The number of hydrogen-bond donors (Lipinski definition) is 6. The summed E-state index contributed by atoms with van der Waals surface area (Å²) in [4.78, 5) is 132. The molecular formula is C56H64FN9O12. The van der Waals surface area contributed by atoms with E-state index in [1.807, 2.05) is 13.0 Å². The van der Waals surface area contributed by atoms with E-state index in [0.29, 0.717) is 116 Å². The van der Waals surface area contributed by atoms with E-state index < -0.39 is 53.7 Å². The van der Waals surface area contributed by atoms with Crippen LogP contribution in [0, 0.1) is 12.7 Å². The van der Waals surface area contributed by atoms with Crippen molar-refractivity contribution in [1.82, 2.24) is 41.0 Å². The predicted molar refractivity (Wildman–Crippen MR) is 282 cm³/mol. The Morgan fingerprint density at radius 2 is 1.53 bits per heavy atom. The molecule has 0 fully saturated rings. The molecule has 1 aliphatic carbocycles. The van der Waals surface area contributed by atoms with Crippen molar-refractivity contribution >= 4 is 70.0 Å². The fourth-order valence-electron chi connectivity index (χ4n) is 10.3. The van der Waals surface area contributed by atoms with Gasteiger partial charge >= 0.3 is 12.1 Å². The molecule has 22 heteroatoms. The van der Waals surface area contributed by atoms with Gasteiger partial charge in [-0.2, -0.15) is 0 Å². The van der Waals surface area contributed by atoms with E-state index >= 15 is 4.39 Å². The number of nitrogens with one attached hydrogen (secondary N) is 6. The summed E-state index contributed by atoms with van der Waals surface area (Å²) in [5.74, 6) is -4.11. The summed E-state index contributed by atoms with van der Waals surface area (Å²) in [6.45, 7) is 6.99. The fraction of sp³-hybridized carbons (Fsp3) is 0.446. The van der Waals surface area contributed by atoms with Gasteiger partial charge in [-0.25, -0.2) is 14.2 Å². The molecule has 0 saturated carbocycles. The summed E-state index contributed by atoms with van der Waals surface area (Å²) in [6.07, 6.45) is 6.95. The number of nitrogens with zero attached hydrogens (tertiary/aromatic N) is 3. The predicted octanol–water partition coefficient (Wildman–Crippen LogP) is 4.56. The van der Waals surface area contributed by atoms with Gasteiger partial charge in [0.2, 0.25) is 29.5 Å². The van der Waals surface area contributed by atoms with Gasteiger partial charge in [0.15, 0.2) is 0 Å². The molecule has 0 spiro atoms. The van der Waals surface area contributed by atoms with Crippen LogP contribution >= 0.6 is 0 Å². The normalized spacial score (nSPS) is 16.6. The van der Waals surface area contributed by atoms with Crippen LogP contribution in [0.2, 0.25) is 0 Å². The number of aromatic nitrogens is 2. The van der Waals surface area contributed by atoms with Crippen LogP contribution in [0.1, 0.15) is 136 Å². The monoisotopic (exact) mass is 1070 g/mol. The number of halogens is 1. The number of fused-ring (bicyclic) bond motifs is 5. The summed E-state index contributed by atoms with van der Waals surface area (Å²) in [5.41, 5.74) is 5.93. The molecule has 2 aromatic carbocycles. The minimum Gasteiger partial charge on any atom is -0.460 e. The molecule has 78 heavy (non-hydrogen) atoms. The minimum atomic E-state index is -0.963. The maximum atomic E-state index is 15.4. The third-order valence-electron chi connectivity index (χ3n) is 14.6. The molecule has 6 N–H and O–H groups in total. The first-order valence-corrected chi connectivity index (χ1v) is 26.5. The zero-order valence-electron chi connectivity index (χ0n) is 44.1. The van der Waals surface area contributed by atoms with Crippen molar-refractivity contribution in [2.45, 2.75) is 142 Å². The number of esters is 1. The van der Waals surface area contributed by atoms with Crippen molar-refractivity contribution < 1.29 is 57.0 Å². The van der Waals surface area contributed by atoms with Crippen molar-refractivity contribution in [2.75, 3.05) is 25.0 Å². The lowest BCUT2D eigenvalue weighted by atomic mass is 9.81. The highest BCUT2D eigenvalue weighted by Gasteiger charge is 2.38. The van der Waals surface area contributed by atoms with Crippen LogP contribution in [0.15, 0.2) is 53.3 Å². The molecule has 8 amide bonds. The SMILES string of the molecule is CCC1C(=O)OCc2c1cc1n(c2=O)Cc2c-1nc1cc(F)c(C)c3c1c2[C@@H](NC(=O)OCc1ccc(NC(=O)[C@H](C)NC(=O)[C@H](C)NC(=O)CCCCCNC(=O)CNC(=O)CCCCCN2C(=O)C=CC2=O)cc1)CC3. The highest BCUT2D eigenvalue weighted by atomic mass is 19.1. The maximum absolute atomic E-state index is 15.4. The summed E-state index contributed by atoms with van der Waals surface area (Å²) in [5, 5.41) is 17.0. The van der Waals surface area contributed by atoms with Gasteiger partial charge in [-0.05, 0) is 112 Å². The highest BCUT2D eigenvalue weighted by Crippen LogP contribution is 2.45. The molecule has 5 heterocycles. The number of amides is 8. The zero-order chi connectivity index (χ0) is 55.8. The number of rotatable bonds is 23. The Kier molecular flexibility index (Phi) is 17.8. The van der Waals surface area contributed by atoms with Crippen LogP contribution in [-0.4, -0.2) is 99.6 Å². The summed E-state index contributed by atoms with van der Waals surface area (Å²) >= 11 is 0. The van der Waals surface area contributed by atoms with Gasteiger partial charge in [-0.15, -0.1) is 0 Å². The van der Waals surface area contributed by atoms with Crippen LogP contribution < -0.4 is 37.5 Å². The van der Waals surface area contributed by atoms with Gasteiger partial charge < -0.3 is 45.9 Å². The van der Waals surface area contributed by atoms with Gasteiger partial charge in [0.1, 0.15) is 31.1 Å². The number of ether oxygens (including phenoxy) is 2. The number of carbonyl (C=O) groups excluding carboxylic acids is 9. The van der Waals surface area contributed by atoms with E-state index in [2.05, 4.69) is 31.9 Å². The van der Waals surface area contributed by atoms with Gasteiger partial charge in [0.05, 0.1) is 47.5 Å². The summed E-state index contributed by atoms with van der Waals surface area (Å²) in [6, 6.07) is 7.34. The van der Waals surface area contributed by atoms with Gasteiger partial charge in [-0.3, -0.25) is 48.1 Å². The zero-order valence-corrected chi connectivity index (χ0v) is 44.1. The van der Waals surface area contributed by atoms with Crippen molar-refractivity contribution in [3.63, 3.8) is 0 Å². The van der Waals surface area contributed by atoms with Crippen LogP contribution in [0.5, 0.6) is 0 Å². The maximum Gasteiger partial charge on any atom is 0.407 e. The smallest absolute Gasteiger partial charge is 0.407 e. The second kappa shape index (κ2) is 24.8. The molecule has 4 aliphatic rings. The van der Waals surface area contributed by atoms with E-state index in [4.69, 9.17) is 14.5 Å². The first-order chi connectivity index (χ1) is 37.4. The van der Waals surface area contributed by atoms with Crippen LogP contribution in [0.3, 0.4) is 0 Å². The second-order valence-electron chi connectivity index (χ2n) is 20.1. The Morgan fingerprint density at radius 1 is 0.821 bits per heavy atom. The lowest BCUT2D eigenvalue weighted by Gasteiger charge is -2.29. The molecule has 4 aromatic rings. The molecule has 4 atom stereocenters. The number of pyridine rings is 2. The van der Waals surface area contributed by atoms with Crippen LogP contribution in [0.25, 0.3) is 22.3 Å². The summed E-state index contributed by atoms with van der Waals surface area (Å²) in [7, 11) is 0. The number of cyclic esters (lactones) is 1. The first kappa shape index (κ1) is 55.9. The molecular weight excluding hydrogens is 1010 g/mol. The fourth-order valence-corrected chi connectivity index (χ4v) is 10.3. The Labute approximate surface area is 448 Å². The molecule has 3 aliphatic heterocycles. The Morgan fingerprint density at radius 3 is 2.26 bits per heavy atom. The van der Waals surface area contributed by atoms with Gasteiger partial charge in [-0.1, -0.05) is 31.9 Å². The number of hydrogen-bond acceptors (Lipinski definition) is 13. The molecule has 8 rings (SSSR count).